The first-order valence-corrected chi connectivity index (χ1v) is 7.24. The summed E-state index contributed by atoms with van der Waals surface area (Å²) in [5.74, 6) is -0.433. The number of carbonyl (C=O) groups excluding carboxylic acids is 1. The molecule has 1 aromatic heterocycles. The lowest BCUT2D eigenvalue weighted by molar-refractivity contribution is 0.0596. The molecule has 112 valence electrons. The molecule has 0 saturated heterocycles. The lowest BCUT2D eigenvalue weighted by Crippen LogP contribution is -2.26. The van der Waals surface area contributed by atoms with Crippen LogP contribution < -0.4 is 10.5 Å². The number of aromatic amines is 1. The number of anilines is 1. The highest BCUT2D eigenvalue weighted by atomic mass is 32.2. The second-order valence-corrected chi connectivity index (χ2v) is 5.74. The molecule has 0 saturated carbocycles. The molecular formula is C11H13N5O4S. The number of carbonyl (C=O) groups is 1. The second kappa shape index (κ2) is 5.89. The van der Waals surface area contributed by atoms with Crippen molar-refractivity contribution in [2.45, 2.75) is 11.4 Å². The number of hydrogen-bond acceptors (Lipinski definition) is 7. The molecule has 9 nitrogen and oxygen atoms in total. The summed E-state index contributed by atoms with van der Waals surface area (Å²) >= 11 is 0. The van der Waals surface area contributed by atoms with Crippen molar-refractivity contribution in [3.63, 3.8) is 0 Å². The maximum absolute atomic E-state index is 12.3. The van der Waals surface area contributed by atoms with Gasteiger partial charge in [-0.2, -0.15) is 5.10 Å². The van der Waals surface area contributed by atoms with Gasteiger partial charge in [-0.3, -0.25) is 5.10 Å². The van der Waals surface area contributed by atoms with Crippen LogP contribution in [0.3, 0.4) is 0 Å². The quantitative estimate of drug-likeness (QED) is 0.506. The van der Waals surface area contributed by atoms with Crippen molar-refractivity contribution in [1.29, 1.82) is 0 Å². The van der Waals surface area contributed by atoms with E-state index in [1.165, 1.54) is 24.5 Å². The number of hydrogen-bond donors (Lipinski definition) is 3. The Labute approximate surface area is 120 Å². The van der Waals surface area contributed by atoms with Gasteiger partial charge in [0.2, 0.25) is 10.0 Å². The normalized spacial score (nSPS) is 11.3. The number of ether oxygens (including phenoxy) is 1. The number of rotatable bonds is 5. The Kier molecular flexibility index (Phi) is 4.19. The fourth-order valence-electron chi connectivity index (χ4n) is 1.60. The molecule has 21 heavy (non-hydrogen) atoms. The molecule has 10 heteroatoms. The molecule has 0 bridgehead atoms. The minimum absolute atomic E-state index is 0.0995. The third kappa shape index (κ3) is 3.35. The summed E-state index contributed by atoms with van der Waals surface area (Å²) in [6.07, 6.45) is 1.25. The summed E-state index contributed by atoms with van der Waals surface area (Å²) in [7, 11) is -2.80. The van der Waals surface area contributed by atoms with Crippen LogP contribution in [0.1, 0.15) is 16.2 Å². The molecule has 1 aromatic carbocycles. The minimum Gasteiger partial charge on any atom is -0.465 e. The maximum Gasteiger partial charge on any atom is 0.339 e. The first-order valence-electron chi connectivity index (χ1n) is 5.76. The van der Waals surface area contributed by atoms with Crippen LogP contribution >= 0.6 is 0 Å². The van der Waals surface area contributed by atoms with Gasteiger partial charge in [0.1, 0.15) is 12.2 Å². The van der Waals surface area contributed by atoms with Gasteiger partial charge in [-0.25, -0.2) is 22.9 Å². The molecule has 0 aliphatic carbocycles. The van der Waals surface area contributed by atoms with Crippen molar-refractivity contribution in [2.75, 3.05) is 12.8 Å². The van der Waals surface area contributed by atoms with E-state index in [-0.39, 0.29) is 22.7 Å². The smallest absolute Gasteiger partial charge is 0.339 e. The summed E-state index contributed by atoms with van der Waals surface area (Å²) in [4.78, 5) is 15.2. The first kappa shape index (κ1) is 14.9. The maximum atomic E-state index is 12.3. The molecule has 4 N–H and O–H groups in total. The van der Waals surface area contributed by atoms with E-state index >= 15 is 0 Å². The lowest BCUT2D eigenvalue weighted by atomic mass is 10.2. The SMILES string of the molecule is COC(=O)c1ccc(N)cc1S(=O)(=O)NCc1ncn[nH]1. The topological polar surface area (TPSA) is 140 Å². The highest BCUT2D eigenvalue weighted by Gasteiger charge is 2.23. The number of H-pyrrole nitrogens is 1. The number of aromatic nitrogens is 3. The number of nitrogen functional groups attached to an aromatic ring is 1. The van der Waals surface area contributed by atoms with Gasteiger partial charge in [-0.15, -0.1) is 0 Å². The zero-order valence-electron chi connectivity index (χ0n) is 11.0. The Bertz CT molecular complexity index is 742. The third-order valence-corrected chi connectivity index (χ3v) is 4.04. The highest BCUT2D eigenvalue weighted by Crippen LogP contribution is 2.20. The second-order valence-electron chi connectivity index (χ2n) is 4.00. The molecule has 0 aliphatic rings. The molecule has 0 radical (unpaired) electrons. The average Bonchev–Trinajstić information content (AvgIpc) is 2.98. The number of benzene rings is 1. The zero-order valence-corrected chi connectivity index (χ0v) is 11.8. The molecule has 0 unspecified atom stereocenters. The van der Waals surface area contributed by atoms with E-state index in [4.69, 9.17) is 5.73 Å². The van der Waals surface area contributed by atoms with Crippen molar-refractivity contribution in [2.24, 2.45) is 0 Å². The van der Waals surface area contributed by atoms with Gasteiger partial charge in [0, 0.05) is 5.69 Å². The van der Waals surface area contributed by atoms with Crippen molar-refractivity contribution in [1.82, 2.24) is 19.9 Å². The van der Waals surface area contributed by atoms with E-state index < -0.39 is 16.0 Å². The fraction of sp³-hybridized carbons (Fsp3) is 0.182. The van der Waals surface area contributed by atoms with Crippen LogP contribution in [0, 0.1) is 0 Å². The molecular weight excluding hydrogens is 298 g/mol. The van der Waals surface area contributed by atoms with Crippen LogP contribution in [0.4, 0.5) is 5.69 Å². The van der Waals surface area contributed by atoms with Gasteiger partial charge in [0.25, 0.3) is 0 Å². The van der Waals surface area contributed by atoms with E-state index in [1.807, 2.05) is 0 Å². The molecule has 0 aliphatic heterocycles. The van der Waals surface area contributed by atoms with E-state index in [9.17, 15) is 13.2 Å². The molecule has 0 fully saturated rings. The molecule has 0 amide bonds. The van der Waals surface area contributed by atoms with Gasteiger partial charge in [-0.05, 0) is 18.2 Å². The summed E-state index contributed by atoms with van der Waals surface area (Å²) in [5.41, 5.74) is 5.69. The van der Waals surface area contributed by atoms with Crippen molar-refractivity contribution in [3.8, 4) is 0 Å². The number of esters is 1. The number of nitrogens with two attached hydrogens (primary N) is 1. The summed E-state index contributed by atoms with van der Waals surface area (Å²) in [6, 6.07) is 3.90. The summed E-state index contributed by atoms with van der Waals surface area (Å²) < 4.78 is 31.4. The van der Waals surface area contributed by atoms with E-state index in [0.717, 1.165) is 7.11 Å². The molecule has 1 heterocycles. The minimum atomic E-state index is -3.96. The predicted octanol–water partition coefficient (Wildman–Crippen LogP) is -0.348. The van der Waals surface area contributed by atoms with Gasteiger partial charge in [0.15, 0.2) is 0 Å². The number of nitrogens with zero attached hydrogens (tertiary/aromatic N) is 2. The molecule has 0 atom stereocenters. The monoisotopic (exact) mass is 311 g/mol. The van der Waals surface area contributed by atoms with Crippen molar-refractivity contribution in [3.05, 3.63) is 35.9 Å². The van der Waals surface area contributed by atoms with Gasteiger partial charge < -0.3 is 10.5 Å². The van der Waals surface area contributed by atoms with Crippen LogP contribution in [0.5, 0.6) is 0 Å². The standard InChI is InChI=1S/C11H13N5O4S/c1-20-11(17)8-3-2-7(12)4-9(8)21(18,19)15-5-10-13-6-14-16-10/h2-4,6,15H,5,12H2,1H3,(H,13,14,16). The largest absolute Gasteiger partial charge is 0.465 e. The lowest BCUT2D eigenvalue weighted by Gasteiger charge is -2.10. The average molecular weight is 311 g/mol. The third-order valence-electron chi connectivity index (χ3n) is 2.60. The van der Waals surface area contributed by atoms with Gasteiger partial charge >= 0.3 is 5.97 Å². The fourth-order valence-corrected chi connectivity index (χ4v) is 2.81. The Hall–Kier alpha value is -2.46. The van der Waals surface area contributed by atoms with E-state index in [2.05, 4.69) is 24.6 Å². The number of nitrogens with one attached hydrogen (secondary N) is 2. The Morgan fingerprint density at radius 1 is 1.48 bits per heavy atom. The van der Waals surface area contributed by atoms with Crippen molar-refractivity contribution < 1.29 is 17.9 Å². The Balaban J connectivity index is 2.34. The van der Waals surface area contributed by atoms with Crippen LogP contribution in [0.2, 0.25) is 0 Å². The highest BCUT2D eigenvalue weighted by molar-refractivity contribution is 7.89. The Morgan fingerprint density at radius 2 is 2.24 bits per heavy atom. The van der Waals surface area contributed by atoms with Gasteiger partial charge in [0.05, 0.1) is 24.1 Å². The van der Waals surface area contributed by atoms with Crippen LogP contribution in [-0.2, 0) is 21.3 Å². The predicted molar refractivity (Wildman–Crippen MR) is 72.6 cm³/mol. The van der Waals surface area contributed by atoms with Crippen LogP contribution in [0.25, 0.3) is 0 Å². The van der Waals surface area contributed by atoms with Crippen LogP contribution in [0.15, 0.2) is 29.4 Å². The zero-order chi connectivity index (χ0) is 15.5. The number of methoxy groups -OCH3 is 1. The van der Waals surface area contributed by atoms with E-state index in [0.29, 0.717) is 5.82 Å². The molecule has 2 rings (SSSR count). The number of sulfonamides is 1. The summed E-state index contributed by atoms with van der Waals surface area (Å²) in [5, 5.41) is 6.12. The first-order chi connectivity index (χ1) is 9.94. The molecule has 2 aromatic rings. The van der Waals surface area contributed by atoms with E-state index in [1.54, 1.807) is 0 Å². The molecule has 0 spiro atoms. The van der Waals surface area contributed by atoms with Crippen LogP contribution in [-0.4, -0.2) is 36.7 Å². The van der Waals surface area contributed by atoms with Gasteiger partial charge in [-0.1, -0.05) is 0 Å². The summed E-state index contributed by atoms with van der Waals surface area (Å²) in [6.45, 7) is -0.0995. The van der Waals surface area contributed by atoms with Crippen molar-refractivity contribution >= 4 is 21.7 Å². The Morgan fingerprint density at radius 3 is 2.86 bits per heavy atom.